The number of piperazine rings is 1. The number of anilines is 1. The summed E-state index contributed by atoms with van der Waals surface area (Å²) < 4.78 is 4.76. The van der Waals surface area contributed by atoms with Crippen LogP contribution in [0.1, 0.15) is 35.7 Å². The monoisotopic (exact) mass is 421 g/mol. The molecule has 0 radical (unpaired) electrons. The summed E-state index contributed by atoms with van der Waals surface area (Å²) in [4.78, 5) is 28.8. The average Bonchev–Trinajstić information content (AvgIpc) is 3.60. The van der Waals surface area contributed by atoms with Gasteiger partial charge in [0, 0.05) is 43.3 Å². The van der Waals surface area contributed by atoms with Gasteiger partial charge in [0.25, 0.3) is 0 Å². The third kappa shape index (κ3) is 4.90. The number of carbonyl (C=O) groups excluding carboxylic acids is 2. The molecule has 164 valence electrons. The fourth-order valence-corrected chi connectivity index (χ4v) is 4.41. The predicted octanol–water partition coefficient (Wildman–Crippen LogP) is 2.83. The minimum absolute atomic E-state index is 0.102. The van der Waals surface area contributed by atoms with E-state index in [4.69, 9.17) is 4.74 Å². The van der Waals surface area contributed by atoms with Gasteiger partial charge in [0.1, 0.15) is 0 Å². The molecule has 1 N–H and O–H groups in total. The molecule has 31 heavy (non-hydrogen) atoms. The molecule has 6 nitrogen and oxygen atoms in total. The summed E-state index contributed by atoms with van der Waals surface area (Å²) >= 11 is 0. The Morgan fingerprint density at radius 1 is 1.06 bits per heavy atom. The number of amides is 1. The molecule has 1 saturated carbocycles. The second kappa shape index (κ2) is 9.10. The van der Waals surface area contributed by atoms with E-state index in [1.165, 1.54) is 12.7 Å². The zero-order chi connectivity index (χ0) is 21.8. The normalized spacial score (nSPS) is 20.2. The minimum atomic E-state index is -0.323. The van der Waals surface area contributed by atoms with Crippen molar-refractivity contribution in [2.75, 3.05) is 44.7 Å². The van der Waals surface area contributed by atoms with Crippen LogP contribution in [0.15, 0.2) is 54.6 Å². The van der Waals surface area contributed by atoms with E-state index in [0.717, 1.165) is 44.7 Å². The van der Waals surface area contributed by atoms with Crippen molar-refractivity contribution >= 4 is 17.6 Å². The van der Waals surface area contributed by atoms with Gasteiger partial charge in [0.2, 0.25) is 5.91 Å². The summed E-state index contributed by atoms with van der Waals surface area (Å²) in [5, 5.41) is 3.18. The van der Waals surface area contributed by atoms with Gasteiger partial charge < -0.3 is 15.0 Å². The third-order valence-electron chi connectivity index (χ3n) is 6.63. The van der Waals surface area contributed by atoms with Crippen molar-refractivity contribution in [1.29, 1.82) is 0 Å². The number of ether oxygens (including phenoxy) is 1. The van der Waals surface area contributed by atoms with Crippen molar-refractivity contribution in [2.24, 2.45) is 0 Å². The van der Waals surface area contributed by atoms with Gasteiger partial charge in [-0.15, -0.1) is 0 Å². The van der Waals surface area contributed by atoms with Crippen LogP contribution in [0.3, 0.4) is 0 Å². The first-order valence-electron chi connectivity index (χ1n) is 11.0. The van der Waals surface area contributed by atoms with Gasteiger partial charge in [0.05, 0.1) is 19.2 Å². The van der Waals surface area contributed by atoms with Crippen LogP contribution in [-0.4, -0.2) is 62.7 Å². The molecular formula is C25H31N3O3. The quantitative estimate of drug-likeness (QED) is 0.697. The van der Waals surface area contributed by atoms with Crippen LogP contribution in [0.2, 0.25) is 0 Å². The van der Waals surface area contributed by atoms with Crippen molar-refractivity contribution in [3.8, 4) is 0 Å². The summed E-state index contributed by atoms with van der Waals surface area (Å²) in [6.07, 6.45) is 2.28. The second-order valence-electron chi connectivity index (χ2n) is 8.73. The fourth-order valence-electron chi connectivity index (χ4n) is 4.41. The van der Waals surface area contributed by atoms with Crippen LogP contribution in [-0.2, 0) is 14.9 Å². The largest absolute Gasteiger partial charge is 0.465 e. The van der Waals surface area contributed by atoms with Crippen molar-refractivity contribution in [1.82, 2.24) is 10.2 Å². The highest BCUT2D eigenvalue weighted by molar-refractivity contribution is 5.89. The molecule has 0 bridgehead atoms. The molecule has 0 spiro atoms. The highest BCUT2D eigenvalue weighted by Crippen LogP contribution is 2.47. The van der Waals surface area contributed by atoms with E-state index in [1.54, 1.807) is 12.1 Å². The first-order valence-corrected chi connectivity index (χ1v) is 11.0. The molecule has 1 unspecified atom stereocenters. The van der Waals surface area contributed by atoms with Crippen LogP contribution in [0.5, 0.6) is 0 Å². The molecule has 2 aromatic rings. The molecule has 2 aromatic carbocycles. The van der Waals surface area contributed by atoms with Crippen LogP contribution < -0.4 is 10.2 Å². The number of nitrogens with one attached hydrogen (secondary N) is 1. The number of methoxy groups -OCH3 is 1. The lowest BCUT2D eigenvalue weighted by Gasteiger charge is -2.40. The summed E-state index contributed by atoms with van der Waals surface area (Å²) in [5.41, 5.74) is 3.11. The van der Waals surface area contributed by atoms with Crippen LogP contribution in [0, 0.1) is 0 Å². The predicted molar refractivity (Wildman–Crippen MR) is 121 cm³/mol. The Labute approximate surface area is 184 Å². The number of hydrogen-bond acceptors (Lipinski definition) is 5. The smallest absolute Gasteiger partial charge is 0.337 e. The Bertz CT molecular complexity index is 909. The van der Waals surface area contributed by atoms with Gasteiger partial charge in [-0.05, 0) is 49.6 Å². The average molecular weight is 422 g/mol. The maximum Gasteiger partial charge on any atom is 0.337 e. The number of hydrogen-bond donors (Lipinski definition) is 1. The van der Waals surface area contributed by atoms with Crippen LogP contribution in [0.4, 0.5) is 5.69 Å². The molecule has 1 aliphatic heterocycles. The van der Waals surface area contributed by atoms with Crippen molar-refractivity contribution in [3.05, 3.63) is 65.7 Å². The Balaban J connectivity index is 1.26. The van der Waals surface area contributed by atoms with Gasteiger partial charge in [0.15, 0.2) is 0 Å². The van der Waals surface area contributed by atoms with Gasteiger partial charge in [-0.3, -0.25) is 9.69 Å². The van der Waals surface area contributed by atoms with Gasteiger partial charge in [-0.25, -0.2) is 4.79 Å². The summed E-state index contributed by atoms with van der Waals surface area (Å²) in [6.45, 7) is 5.84. The summed E-state index contributed by atoms with van der Waals surface area (Å²) in [7, 11) is 1.39. The van der Waals surface area contributed by atoms with Crippen LogP contribution >= 0.6 is 0 Å². The van der Waals surface area contributed by atoms with Crippen molar-refractivity contribution < 1.29 is 14.3 Å². The molecule has 1 aliphatic carbocycles. The number of esters is 1. The van der Waals surface area contributed by atoms with E-state index >= 15 is 0 Å². The molecule has 6 heteroatoms. The summed E-state index contributed by atoms with van der Waals surface area (Å²) in [5.74, 6) is -0.221. The van der Waals surface area contributed by atoms with Gasteiger partial charge in [-0.1, -0.05) is 30.3 Å². The number of rotatable bonds is 7. The maximum absolute atomic E-state index is 12.6. The Kier molecular flexibility index (Phi) is 6.28. The van der Waals surface area contributed by atoms with Crippen molar-refractivity contribution in [2.45, 2.75) is 31.2 Å². The minimum Gasteiger partial charge on any atom is -0.465 e. The van der Waals surface area contributed by atoms with Crippen LogP contribution in [0.25, 0.3) is 0 Å². The number of nitrogens with zero attached hydrogens (tertiary/aromatic N) is 2. The lowest BCUT2D eigenvalue weighted by molar-refractivity contribution is -0.123. The molecular weight excluding hydrogens is 390 g/mol. The zero-order valence-electron chi connectivity index (χ0n) is 18.3. The maximum atomic E-state index is 12.6. The third-order valence-corrected chi connectivity index (χ3v) is 6.63. The standard InChI is InChI=1S/C25H31N3O3/c1-19-16-28(22-10-8-20(9-11-22)24(30)31-2)15-14-27(19)17-23(29)26-18-25(12-13-25)21-6-4-3-5-7-21/h3-11,19H,12-18H2,1-2H3,(H,26,29). The zero-order valence-corrected chi connectivity index (χ0v) is 18.3. The molecule has 1 atom stereocenters. The van der Waals surface area contributed by atoms with E-state index in [1.807, 2.05) is 18.2 Å². The first-order chi connectivity index (χ1) is 15.0. The van der Waals surface area contributed by atoms with Gasteiger partial charge in [-0.2, -0.15) is 0 Å². The number of carbonyl (C=O) groups is 2. The Morgan fingerprint density at radius 3 is 2.39 bits per heavy atom. The Morgan fingerprint density at radius 2 is 1.77 bits per heavy atom. The lowest BCUT2D eigenvalue weighted by atomic mass is 9.96. The summed E-state index contributed by atoms with van der Waals surface area (Å²) in [6, 6.07) is 18.3. The van der Waals surface area contributed by atoms with E-state index in [2.05, 4.69) is 46.3 Å². The Hall–Kier alpha value is -2.86. The molecule has 1 amide bonds. The lowest BCUT2D eigenvalue weighted by Crippen LogP contribution is -2.54. The van der Waals surface area contributed by atoms with E-state index in [-0.39, 0.29) is 23.3 Å². The molecule has 1 saturated heterocycles. The van der Waals surface area contributed by atoms with Gasteiger partial charge >= 0.3 is 5.97 Å². The molecule has 0 aromatic heterocycles. The highest BCUT2D eigenvalue weighted by Gasteiger charge is 2.44. The van der Waals surface area contributed by atoms with Crippen molar-refractivity contribution in [3.63, 3.8) is 0 Å². The number of benzene rings is 2. The highest BCUT2D eigenvalue weighted by atomic mass is 16.5. The molecule has 2 aliphatic rings. The topological polar surface area (TPSA) is 61.9 Å². The molecule has 1 heterocycles. The SMILES string of the molecule is COC(=O)c1ccc(N2CCN(CC(=O)NCC3(c4ccccc4)CC3)C(C)C2)cc1. The molecule has 4 rings (SSSR count). The van der Waals surface area contributed by atoms with E-state index in [0.29, 0.717) is 12.1 Å². The second-order valence-corrected chi connectivity index (χ2v) is 8.73. The van der Waals surface area contributed by atoms with E-state index in [9.17, 15) is 9.59 Å². The fraction of sp³-hybridized carbons (Fsp3) is 0.440. The molecule has 2 fully saturated rings. The first kappa shape index (κ1) is 21.4. The van der Waals surface area contributed by atoms with E-state index < -0.39 is 0 Å².